The van der Waals surface area contributed by atoms with Crippen LogP contribution in [-0.2, 0) is 0 Å². The molecule has 3 heteroatoms. The Balaban J connectivity index is 2.26. The molecule has 1 aromatic carbocycles. The molecule has 1 aliphatic rings. The summed E-state index contributed by atoms with van der Waals surface area (Å²) in [5.41, 5.74) is 2.80. The average Bonchev–Trinajstić information content (AvgIpc) is 2.57. The largest absolute Gasteiger partial charge is 0.395 e. The Morgan fingerprint density at radius 2 is 2.31 bits per heavy atom. The highest BCUT2D eigenvalue weighted by atomic mass is 79.9. The number of fused-ring (bicyclic) bond motifs is 1. The number of aliphatic hydroxyl groups excluding tert-OH is 1. The van der Waals surface area contributed by atoms with Crippen LogP contribution in [0.3, 0.4) is 0 Å². The van der Waals surface area contributed by atoms with Crippen molar-refractivity contribution in [3.8, 4) is 0 Å². The average molecular weight is 284 g/mol. The van der Waals surface area contributed by atoms with E-state index in [-0.39, 0.29) is 12.6 Å². The summed E-state index contributed by atoms with van der Waals surface area (Å²) in [5, 5.41) is 12.6. The molecular weight excluding hydrogens is 266 g/mol. The summed E-state index contributed by atoms with van der Waals surface area (Å²) in [6.07, 6.45) is 1.11. The molecule has 0 bridgehead atoms. The van der Waals surface area contributed by atoms with E-state index in [9.17, 15) is 0 Å². The zero-order valence-electron chi connectivity index (χ0n) is 9.70. The highest BCUT2D eigenvalue weighted by Crippen LogP contribution is 2.43. The quantitative estimate of drug-likeness (QED) is 0.894. The molecule has 0 saturated heterocycles. The number of hydrogen-bond donors (Lipinski definition) is 2. The number of nitrogens with one attached hydrogen (secondary N) is 1. The molecule has 2 unspecified atom stereocenters. The van der Waals surface area contributed by atoms with Gasteiger partial charge in [0.25, 0.3) is 0 Å². The lowest BCUT2D eigenvalue weighted by atomic mass is 10.0. The lowest BCUT2D eigenvalue weighted by Crippen LogP contribution is -2.32. The van der Waals surface area contributed by atoms with Gasteiger partial charge in [0.15, 0.2) is 0 Å². The molecule has 0 heterocycles. The third-order valence-corrected chi connectivity index (χ3v) is 4.00. The third kappa shape index (κ3) is 2.17. The van der Waals surface area contributed by atoms with Crippen molar-refractivity contribution in [1.29, 1.82) is 0 Å². The number of halogens is 1. The van der Waals surface area contributed by atoms with Crippen molar-refractivity contribution in [3.05, 3.63) is 33.8 Å². The zero-order chi connectivity index (χ0) is 11.7. The fourth-order valence-electron chi connectivity index (χ4n) is 2.53. The molecule has 2 rings (SSSR count). The fourth-order valence-corrected chi connectivity index (χ4v) is 3.30. The second-order valence-corrected chi connectivity index (χ2v) is 5.54. The standard InChI is InChI=1S/C13H18BrNO/c1-8-6-12(15-9(2)7-16)10-4-3-5-11(14)13(8)10/h3-5,8-9,12,15-16H,6-7H2,1-2H3/t8?,9-,12?/m0/s1. The van der Waals surface area contributed by atoms with Crippen LogP contribution in [0.1, 0.15) is 43.4 Å². The topological polar surface area (TPSA) is 32.3 Å². The van der Waals surface area contributed by atoms with Gasteiger partial charge >= 0.3 is 0 Å². The van der Waals surface area contributed by atoms with Gasteiger partial charge in [-0.05, 0) is 36.5 Å². The van der Waals surface area contributed by atoms with Gasteiger partial charge in [0.1, 0.15) is 0 Å². The predicted molar refractivity (Wildman–Crippen MR) is 69.6 cm³/mol. The number of hydrogen-bond acceptors (Lipinski definition) is 2. The molecule has 16 heavy (non-hydrogen) atoms. The van der Waals surface area contributed by atoms with E-state index in [1.165, 1.54) is 15.6 Å². The summed E-state index contributed by atoms with van der Waals surface area (Å²) in [4.78, 5) is 0. The molecule has 0 aliphatic heterocycles. The minimum absolute atomic E-state index is 0.155. The van der Waals surface area contributed by atoms with Gasteiger partial charge in [0, 0.05) is 16.6 Å². The van der Waals surface area contributed by atoms with Gasteiger partial charge in [0.2, 0.25) is 0 Å². The van der Waals surface area contributed by atoms with E-state index in [0.717, 1.165) is 6.42 Å². The van der Waals surface area contributed by atoms with E-state index >= 15 is 0 Å². The van der Waals surface area contributed by atoms with Crippen molar-refractivity contribution < 1.29 is 5.11 Å². The van der Waals surface area contributed by atoms with Gasteiger partial charge in [-0.25, -0.2) is 0 Å². The highest BCUT2D eigenvalue weighted by molar-refractivity contribution is 9.10. The third-order valence-electron chi connectivity index (χ3n) is 3.30. The highest BCUT2D eigenvalue weighted by Gasteiger charge is 2.30. The van der Waals surface area contributed by atoms with Crippen LogP contribution in [0.15, 0.2) is 22.7 Å². The van der Waals surface area contributed by atoms with Gasteiger partial charge in [-0.3, -0.25) is 0 Å². The molecule has 0 aromatic heterocycles. The van der Waals surface area contributed by atoms with E-state index < -0.39 is 0 Å². The summed E-state index contributed by atoms with van der Waals surface area (Å²) in [7, 11) is 0. The van der Waals surface area contributed by atoms with Crippen LogP contribution in [0.4, 0.5) is 0 Å². The van der Waals surface area contributed by atoms with Crippen LogP contribution in [0.25, 0.3) is 0 Å². The van der Waals surface area contributed by atoms with Crippen molar-refractivity contribution in [2.24, 2.45) is 0 Å². The first-order chi connectivity index (χ1) is 7.63. The summed E-state index contributed by atoms with van der Waals surface area (Å²) >= 11 is 3.62. The molecule has 2 N–H and O–H groups in total. The molecule has 0 fully saturated rings. The second-order valence-electron chi connectivity index (χ2n) is 4.68. The summed E-state index contributed by atoms with van der Waals surface area (Å²) in [5.74, 6) is 0.578. The molecule has 88 valence electrons. The van der Waals surface area contributed by atoms with Gasteiger partial charge < -0.3 is 10.4 Å². The first kappa shape index (κ1) is 12.1. The van der Waals surface area contributed by atoms with Crippen molar-refractivity contribution >= 4 is 15.9 Å². The van der Waals surface area contributed by atoms with Crippen molar-refractivity contribution in [2.45, 2.75) is 38.3 Å². The van der Waals surface area contributed by atoms with Crippen LogP contribution in [0, 0.1) is 0 Å². The molecular formula is C13H18BrNO. The molecule has 0 amide bonds. The van der Waals surface area contributed by atoms with E-state index in [2.05, 4.69) is 46.4 Å². The summed E-state index contributed by atoms with van der Waals surface area (Å²) in [6, 6.07) is 6.91. The molecule has 1 aliphatic carbocycles. The normalized spacial score (nSPS) is 25.5. The zero-order valence-corrected chi connectivity index (χ0v) is 11.3. The van der Waals surface area contributed by atoms with E-state index in [4.69, 9.17) is 5.11 Å². The first-order valence-electron chi connectivity index (χ1n) is 5.78. The molecule has 1 aromatic rings. The summed E-state index contributed by atoms with van der Waals surface area (Å²) in [6.45, 7) is 4.46. The predicted octanol–water partition coefficient (Wildman–Crippen LogP) is 2.97. The van der Waals surface area contributed by atoms with Crippen molar-refractivity contribution in [1.82, 2.24) is 5.32 Å². The maximum absolute atomic E-state index is 9.09. The lowest BCUT2D eigenvalue weighted by Gasteiger charge is -2.18. The van der Waals surface area contributed by atoms with E-state index in [1.54, 1.807) is 0 Å². The van der Waals surface area contributed by atoms with Gasteiger partial charge in [-0.15, -0.1) is 0 Å². The van der Waals surface area contributed by atoms with Crippen LogP contribution < -0.4 is 5.32 Å². The molecule has 0 radical (unpaired) electrons. The Labute approximate surface area is 105 Å². The number of benzene rings is 1. The van der Waals surface area contributed by atoms with Gasteiger partial charge in [0.05, 0.1) is 6.61 Å². The molecule has 0 spiro atoms. The maximum atomic E-state index is 9.09. The smallest absolute Gasteiger partial charge is 0.0582 e. The fraction of sp³-hybridized carbons (Fsp3) is 0.538. The van der Waals surface area contributed by atoms with Gasteiger partial charge in [-0.2, -0.15) is 0 Å². The minimum atomic E-state index is 0.155. The van der Waals surface area contributed by atoms with Gasteiger partial charge in [-0.1, -0.05) is 35.0 Å². The molecule has 3 atom stereocenters. The summed E-state index contributed by atoms with van der Waals surface area (Å²) < 4.78 is 1.21. The Morgan fingerprint density at radius 1 is 1.56 bits per heavy atom. The Bertz CT molecular complexity index is 380. The van der Waals surface area contributed by atoms with Crippen LogP contribution in [0.5, 0.6) is 0 Å². The maximum Gasteiger partial charge on any atom is 0.0582 e. The van der Waals surface area contributed by atoms with Crippen molar-refractivity contribution in [3.63, 3.8) is 0 Å². The first-order valence-corrected chi connectivity index (χ1v) is 6.58. The monoisotopic (exact) mass is 283 g/mol. The molecule has 2 nitrogen and oxygen atoms in total. The van der Waals surface area contributed by atoms with Crippen LogP contribution >= 0.6 is 15.9 Å². The SMILES string of the molecule is CC1CC(N[C@@H](C)CO)c2cccc(Br)c21. The van der Waals surface area contributed by atoms with E-state index in [1.807, 2.05) is 6.92 Å². The van der Waals surface area contributed by atoms with Crippen LogP contribution in [0.2, 0.25) is 0 Å². The Hall–Kier alpha value is -0.380. The number of aliphatic hydroxyl groups is 1. The van der Waals surface area contributed by atoms with E-state index in [0.29, 0.717) is 12.0 Å². The Kier molecular flexibility index (Phi) is 3.67. The lowest BCUT2D eigenvalue weighted by molar-refractivity contribution is 0.239. The Morgan fingerprint density at radius 3 is 3.00 bits per heavy atom. The second kappa shape index (κ2) is 4.86. The molecule has 0 saturated carbocycles. The van der Waals surface area contributed by atoms with Crippen molar-refractivity contribution in [2.75, 3.05) is 6.61 Å². The van der Waals surface area contributed by atoms with Crippen LogP contribution in [-0.4, -0.2) is 17.8 Å². The minimum Gasteiger partial charge on any atom is -0.395 e. The number of rotatable bonds is 3.